The Labute approximate surface area is 600 Å². The van der Waals surface area contributed by atoms with Gasteiger partial charge in [0.2, 0.25) is 0 Å². The van der Waals surface area contributed by atoms with E-state index in [1.165, 1.54) is 218 Å². The second-order valence-corrected chi connectivity index (χ2v) is 32.8. The summed E-state index contributed by atoms with van der Waals surface area (Å²) in [5.41, 5.74) is 0. The third-order valence-corrected chi connectivity index (χ3v) is 20.3. The van der Waals surface area contributed by atoms with Crippen LogP contribution in [0.4, 0.5) is 0 Å². The molecule has 0 bridgehead atoms. The van der Waals surface area contributed by atoms with Crippen molar-refractivity contribution < 1.29 is 80.2 Å². The molecule has 0 aromatic carbocycles. The quantitative estimate of drug-likeness (QED) is 0.0222. The van der Waals surface area contributed by atoms with E-state index in [0.29, 0.717) is 25.7 Å². The maximum Gasteiger partial charge on any atom is 0.472 e. The van der Waals surface area contributed by atoms with Gasteiger partial charge in [-0.2, -0.15) is 0 Å². The number of rotatable bonds is 77. The van der Waals surface area contributed by atoms with Crippen LogP contribution in [0.1, 0.15) is 408 Å². The van der Waals surface area contributed by atoms with Crippen LogP contribution in [-0.2, 0) is 65.4 Å². The topological polar surface area (TPSA) is 237 Å². The van der Waals surface area contributed by atoms with Crippen molar-refractivity contribution in [2.75, 3.05) is 39.6 Å². The molecule has 0 spiro atoms. The first kappa shape index (κ1) is 96.1. The predicted molar refractivity (Wildman–Crippen MR) is 400 cm³/mol. The van der Waals surface area contributed by atoms with Crippen molar-refractivity contribution in [1.82, 2.24) is 0 Å². The highest BCUT2D eigenvalue weighted by molar-refractivity contribution is 7.47. The lowest BCUT2D eigenvalue weighted by molar-refractivity contribution is -0.161. The zero-order valence-electron chi connectivity index (χ0n) is 64.3. The third-order valence-electron chi connectivity index (χ3n) is 18.4. The van der Waals surface area contributed by atoms with Gasteiger partial charge in [0.1, 0.15) is 19.3 Å². The molecule has 17 nitrogen and oxygen atoms in total. The maximum atomic E-state index is 13.1. The van der Waals surface area contributed by atoms with Crippen molar-refractivity contribution in [1.29, 1.82) is 0 Å². The van der Waals surface area contributed by atoms with Gasteiger partial charge in [-0.3, -0.25) is 37.3 Å². The van der Waals surface area contributed by atoms with Crippen molar-refractivity contribution >= 4 is 39.5 Å². The molecule has 0 aliphatic heterocycles. The molecule has 0 aliphatic carbocycles. The SMILES string of the molecule is CCCCCCCCCCCCCCCCCCCCCCC(=O)O[C@H](COC(=O)CCCCCCCCCCCCC(C)C)COP(=O)(O)OC[C@@H](O)COP(=O)(O)OC[C@@H](COC(=O)CCCCCCCCCCCC(C)C)OC(=O)CCCCCCCCCCCCC(C)C. The van der Waals surface area contributed by atoms with Gasteiger partial charge in [-0.1, -0.05) is 357 Å². The monoisotopic (exact) mass is 1440 g/mol. The van der Waals surface area contributed by atoms with Crippen molar-refractivity contribution in [3.63, 3.8) is 0 Å². The van der Waals surface area contributed by atoms with Crippen LogP contribution >= 0.6 is 15.6 Å². The maximum absolute atomic E-state index is 13.1. The molecular formula is C79H154O17P2. The van der Waals surface area contributed by atoms with Gasteiger partial charge in [-0.15, -0.1) is 0 Å². The van der Waals surface area contributed by atoms with Crippen molar-refractivity contribution in [3.8, 4) is 0 Å². The largest absolute Gasteiger partial charge is 0.472 e. The van der Waals surface area contributed by atoms with Crippen LogP contribution in [-0.4, -0.2) is 96.7 Å². The van der Waals surface area contributed by atoms with Crippen LogP contribution in [0.3, 0.4) is 0 Å². The molecule has 0 radical (unpaired) electrons. The fraction of sp³-hybridized carbons (Fsp3) is 0.949. The number of hydrogen-bond donors (Lipinski definition) is 3. The first-order valence-electron chi connectivity index (χ1n) is 40.8. The molecule has 0 aromatic rings. The number of aliphatic hydroxyl groups excluding tert-OH is 1. The Balaban J connectivity index is 5.24. The van der Waals surface area contributed by atoms with E-state index in [1.807, 2.05) is 0 Å². The first-order chi connectivity index (χ1) is 47.2. The molecule has 0 saturated carbocycles. The summed E-state index contributed by atoms with van der Waals surface area (Å²) in [6.07, 6.45) is 56.9. The second-order valence-electron chi connectivity index (χ2n) is 29.9. The Morgan fingerprint density at radius 1 is 0.276 bits per heavy atom. The summed E-state index contributed by atoms with van der Waals surface area (Å²) in [5.74, 6) is 0.139. The van der Waals surface area contributed by atoms with E-state index in [0.717, 1.165) is 108 Å². The molecular weight excluding hydrogens is 1280 g/mol. The van der Waals surface area contributed by atoms with Gasteiger partial charge in [0.05, 0.1) is 26.4 Å². The summed E-state index contributed by atoms with van der Waals surface area (Å²) in [5, 5.41) is 10.6. The number of phosphoric ester groups is 2. The second kappa shape index (κ2) is 69.4. The van der Waals surface area contributed by atoms with Gasteiger partial charge in [0.15, 0.2) is 12.2 Å². The fourth-order valence-corrected chi connectivity index (χ4v) is 13.7. The van der Waals surface area contributed by atoms with E-state index < -0.39 is 97.5 Å². The Morgan fingerprint density at radius 2 is 0.469 bits per heavy atom. The summed E-state index contributed by atoms with van der Waals surface area (Å²) < 4.78 is 68.6. The molecule has 98 heavy (non-hydrogen) atoms. The number of ether oxygens (including phenoxy) is 4. The molecule has 3 N–H and O–H groups in total. The summed E-state index contributed by atoms with van der Waals surface area (Å²) in [7, 11) is -9.92. The molecule has 2 unspecified atom stereocenters. The summed E-state index contributed by atoms with van der Waals surface area (Å²) in [4.78, 5) is 72.9. The average molecular weight is 1440 g/mol. The van der Waals surface area contributed by atoms with E-state index in [1.54, 1.807) is 0 Å². The van der Waals surface area contributed by atoms with Crippen LogP contribution in [0, 0.1) is 17.8 Å². The Bertz CT molecular complexity index is 1900. The van der Waals surface area contributed by atoms with E-state index in [2.05, 4.69) is 48.5 Å². The van der Waals surface area contributed by atoms with Crippen molar-refractivity contribution in [2.24, 2.45) is 17.8 Å². The van der Waals surface area contributed by atoms with E-state index in [-0.39, 0.29) is 25.7 Å². The number of carbonyl (C=O) groups is 4. The number of hydrogen-bond acceptors (Lipinski definition) is 15. The number of unbranched alkanes of at least 4 members (excludes halogenated alkanes) is 45. The minimum Gasteiger partial charge on any atom is -0.462 e. The fourth-order valence-electron chi connectivity index (χ4n) is 12.1. The number of aliphatic hydroxyl groups is 1. The molecule has 19 heteroatoms. The molecule has 0 amide bonds. The molecule has 0 fully saturated rings. The Hall–Kier alpha value is -1.94. The smallest absolute Gasteiger partial charge is 0.462 e. The Morgan fingerprint density at radius 3 is 0.694 bits per heavy atom. The van der Waals surface area contributed by atoms with Gasteiger partial charge in [0, 0.05) is 25.7 Å². The molecule has 0 heterocycles. The van der Waals surface area contributed by atoms with Gasteiger partial charge in [0.25, 0.3) is 0 Å². The average Bonchev–Trinajstić information content (AvgIpc) is 1.87. The van der Waals surface area contributed by atoms with Crippen LogP contribution < -0.4 is 0 Å². The third kappa shape index (κ3) is 72.4. The van der Waals surface area contributed by atoms with Crippen LogP contribution in [0.5, 0.6) is 0 Å². The highest BCUT2D eigenvalue weighted by Gasteiger charge is 2.30. The van der Waals surface area contributed by atoms with E-state index in [4.69, 9.17) is 37.0 Å². The lowest BCUT2D eigenvalue weighted by Crippen LogP contribution is -2.30. The first-order valence-corrected chi connectivity index (χ1v) is 43.8. The summed E-state index contributed by atoms with van der Waals surface area (Å²) in [6.45, 7) is 11.9. The van der Waals surface area contributed by atoms with Gasteiger partial charge in [-0.05, 0) is 43.4 Å². The van der Waals surface area contributed by atoms with Gasteiger partial charge >= 0.3 is 39.5 Å². The molecule has 5 atom stereocenters. The predicted octanol–water partition coefficient (Wildman–Crippen LogP) is 23.4. The zero-order valence-corrected chi connectivity index (χ0v) is 66.0. The highest BCUT2D eigenvalue weighted by Crippen LogP contribution is 2.45. The number of carbonyl (C=O) groups excluding carboxylic acids is 4. The highest BCUT2D eigenvalue weighted by atomic mass is 31.2. The van der Waals surface area contributed by atoms with Crippen molar-refractivity contribution in [2.45, 2.75) is 426 Å². The molecule has 0 aromatic heterocycles. The van der Waals surface area contributed by atoms with Crippen LogP contribution in [0.25, 0.3) is 0 Å². The summed E-state index contributed by atoms with van der Waals surface area (Å²) >= 11 is 0. The van der Waals surface area contributed by atoms with Crippen molar-refractivity contribution in [3.05, 3.63) is 0 Å². The van der Waals surface area contributed by atoms with E-state index >= 15 is 0 Å². The van der Waals surface area contributed by atoms with Crippen LogP contribution in [0.2, 0.25) is 0 Å². The minimum absolute atomic E-state index is 0.105. The minimum atomic E-state index is -4.96. The molecule has 0 saturated heterocycles. The zero-order chi connectivity index (χ0) is 72.3. The van der Waals surface area contributed by atoms with Gasteiger partial charge in [-0.25, -0.2) is 9.13 Å². The normalized spacial score (nSPS) is 14.0. The molecule has 582 valence electrons. The van der Waals surface area contributed by atoms with E-state index in [9.17, 15) is 43.2 Å². The Kier molecular flexibility index (Phi) is 68.1. The van der Waals surface area contributed by atoms with Gasteiger partial charge < -0.3 is 33.8 Å². The van der Waals surface area contributed by atoms with Crippen LogP contribution in [0.15, 0.2) is 0 Å². The molecule has 0 rings (SSSR count). The lowest BCUT2D eigenvalue weighted by Gasteiger charge is -2.21. The standard InChI is InChI=1S/C79H154O17P2/c1-8-9-10-11-12-13-14-15-16-17-18-19-20-21-22-23-33-41-48-55-62-78(83)95-74(66-89-76(81)60-53-46-39-32-26-24-29-36-43-50-57-70(2)3)68-93-97(85,86)91-64-73(80)65-92-98(87,88)94-69-75(67-90-77(82)61-54-47-40-35-28-31-38-45-52-59-72(6)7)96-79(84)63-56-49-42-34-27-25-30-37-44-51-58-71(4)5/h70-75,80H,8-69H2,1-7H3,(H,85,86)(H,87,88)/t73-,74-,75-/m1/s1. The summed E-state index contributed by atoms with van der Waals surface area (Å²) in [6, 6.07) is 0. The number of esters is 4. The molecule has 0 aliphatic rings. The number of phosphoric acid groups is 2. The lowest BCUT2D eigenvalue weighted by atomic mass is 10.0.